The average Bonchev–Trinajstić information content (AvgIpc) is 2.58. The van der Waals surface area contributed by atoms with E-state index in [2.05, 4.69) is 20.9 Å². The second-order valence-corrected chi connectivity index (χ2v) is 8.71. The van der Waals surface area contributed by atoms with Gasteiger partial charge in [0.1, 0.15) is 5.60 Å². The summed E-state index contributed by atoms with van der Waals surface area (Å²) in [7, 11) is -1.99. The normalized spacial score (nSPS) is 12.4. The third kappa shape index (κ3) is 10.1. The molecule has 0 bridgehead atoms. The summed E-state index contributed by atoms with van der Waals surface area (Å²) in [4.78, 5) is 15.8. The van der Waals surface area contributed by atoms with Gasteiger partial charge in [0.2, 0.25) is 10.0 Å². The van der Waals surface area contributed by atoms with Crippen molar-refractivity contribution in [2.45, 2.75) is 44.1 Å². The van der Waals surface area contributed by atoms with Crippen molar-refractivity contribution in [3.63, 3.8) is 0 Å². The lowest BCUT2D eigenvalue weighted by Crippen LogP contribution is -2.40. The highest BCUT2D eigenvalue weighted by molar-refractivity contribution is 7.89. The molecule has 0 saturated carbocycles. The Morgan fingerprint density at radius 2 is 1.64 bits per heavy atom. The van der Waals surface area contributed by atoms with Gasteiger partial charge in [-0.15, -0.1) is 0 Å². The zero-order valence-electron chi connectivity index (χ0n) is 16.9. The Balaban J connectivity index is 2.24. The van der Waals surface area contributed by atoms with Gasteiger partial charge in [0.15, 0.2) is 5.96 Å². The zero-order chi connectivity index (χ0) is 21.2. The molecule has 10 heteroatoms. The number of benzene rings is 1. The number of aliphatic imine (C=N–C) groups is 1. The van der Waals surface area contributed by atoms with Gasteiger partial charge in [-0.05, 0) is 51.3 Å². The predicted octanol–water partition coefficient (Wildman–Crippen LogP) is 0.956. The average molecular weight is 414 g/mol. The second-order valence-electron chi connectivity index (χ2n) is 7.15. The molecule has 1 aromatic carbocycles. The molecule has 9 nitrogen and oxygen atoms in total. The number of rotatable bonds is 8. The predicted molar refractivity (Wildman–Crippen MR) is 110 cm³/mol. The molecule has 0 aliphatic heterocycles. The number of sulfonamides is 1. The van der Waals surface area contributed by atoms with E-state index in [4.69, 9.17) is 9.88 Å². The number of nitrogens with one attached hydrogen (secondary N) is 3. The van der Waals surface area contributed by atoms with Gasteiger partial charge >= 0.3 is 6.09 Å². The van der Waals surface area contributed by atoms with Crippen molar-refractivity contribution in [2.75, 3.05) is 26.7 Å². The van der Waals surface area contributed by atoms with Gasteiger partial charge < -0.3 is 20.7 Å². The van der Waals surface area contributed by atoms with Crippen molar-refractivity contribution in [2.24, 2.45) is 10.1 Å². The number of hydrogen-bond acceptors (Lipinski definition) is 5. The molecule has 0 unspecified atom stereocenters. The van der Waals surface area contributed by atoms with Gasteiger partial charge in [-0.1, -0.05) is 12.1 Å². The fraction of sp³-hybridized carbons (Fsp3) is 0.556. The van der Waals surface area contributed by atoms with Gasteiger partial charge in [-0.25, -0.2) is 18.4 Å². The van der Waals surface area contributed by atoms with E-state index >= 15 is 0 Å². The lowest BCUT2D eigenvalue weighted by Gasteiger charge is -2.19. The van der Waals surface area contributed by atoms with Crippen LogP contribution in [0, 0.1) is 0 Å². The van der Waals surface area contributed by atoms with Crippen LogP contribution in [0.5, 0.6) is 0 Å². The van der Waals surface area contributed by atoms with E-state index in [0.29, 0.717) is 32.0 Å². The number of nitrogens with two attached hydrogens (primary N) is 1. The molecule has 158 valence electrons. The van der Waals surface area contributed by atoms with Crippen molar-refractivity contribution in [1.82, 2.24) is 16.0 Å². The molecular weight excluding hydrogens is 382 g/mol. The topological polar surface area (TPSA) is 135 Å². The third-order valence-corrected chi connectivity index (χ3v) is 4.43. The molecule has 0 spiro atoms. The number of carbonyl (C=O) groups excluding carboxylic acids is 1. The Bertz CT molecular complexity index is 755. The first-order chi connectivity index (χ1) is 13.0. The first-order valence-electron chi connectivity index (χ1n) is 9.04. The Morgan fingerprint density at radius 1 is 1.07 bits per heavy atom. The van der Waals surface area contributed by atoms with Crippen molar-refractivity contribution in [3.05, 3.63) is 29.8 Å². The van der Waals surface area contributed by atoms with Crippen LogP contribution in [0.15, 0.2) is 34.2 Å². The smallest absolute Gasteiger partial charge is 0.407 e. The quantitative estimate of drug-likeness (QED) is 0.285. The summed E-state index contributed by atoms with van der Waals surface area (Å²) in [5, 5.41) is 14.1. The Labute approximate surface area is 167 Å². The maximum absolute atomic E-state index is 11.5. The van der Waals surface area contributed by atoms with Crippen molar-refractivity contribution in [1.29, 1.82) is 0 Å². The van der Waals surface area contributed by atoms with Crippen LogP contribution in [0.4, 0.5) is 4.79 Å². The number of amides is 1. The molecule has 5 N–H and O–H groups in total. The molecule has 0 fully saturated rings. The van der Waals surface area contributed by atoms with Crippen LogP contribution in [0.2, 0.25) is 0 Å². The fourth-order valence-corrected chi connectivity index (χ4v) is 2.71. The highest BCUT2D eigenvalue weighted by atomic mass is 32.2. The number of ether oxygens (including phenoxy) is 1. The van der Waals surface area contributed by atoms with E-state index in [-0.39, 0.29) is 4.90 Å². The summed E-state index contributed by atoms with van der Waals surface area (Å²) in [6.45, 7) is 7.22. The number of carbonyl (C=O) groups is 1. The van der Waals surface area contributed by atoms with Crippen LogP contribution in [-0.4, -0.2) is 52.8 Å². The fourth-order valence-electron chi connectivity index (χ4n) is 2.19. The van der Waals surface area contributed by atoms with Crippen molar-refractivity contribution < 1.29 is 17.9 Å². The maximum atomic E-state index is 11.5. The van der Waals surface area contributed by atoms with Crippen LogP contribution in [-0.2, 0) is 21.2 Å². The molecule has 1 aromatic rings. The molecule has 0 aliphatic rings. The highest BCUT2D eigenvalue weighted by Gasteiger charge is 2.15. The molecule has 0 atom stereocenters. The summed E-state index contributed by atoms with van der Waals surface area (Å²) < 4.78 is 27.6. The monoisotopic (exact) mass is 413 g/mol. The number of primary sulfonamides is 1. The minimum atomic E-state index is -3.67. The molecule has 0 radical (unpaired) electrons. The second kappa shape index (κ2) is 10.9. The summed E-state index contributed by atoms with van der Waals surface area (Å²) >= 11 is 0. The maximum Gasteiger partial charge on any atom is 0.407 e. The first kappa shape index (κ1) is 23.7. The van der Waals surface area contributed by atoms with Crippen molar-refractivity contribution in [3.8, 4) is 0 Å². The minimum Gasteiger partial charge on any atom is -0.444 e. The number of alkyl carbamates (subject to hydrolysis) is 1. The molecule has 0 heterocycles. The number of nitrogens with zero attached hydrogens (tertiary/aromatic N) is 1. The van der Waals surface area contributed by atoms with Crippen LogP contribution in [0.3, 0.4) is 0 Å². The van der Waals surface area contributed by atoms with E-state index in [1.54, 1.807) is 19.2 Å². The van der Waals surface area contributed by atoms with Crippen molar-refractivity contribution >= 4 is 22.1 Å². The van der Waals surface area contributed by atoms with E-state index in [0.717, 1.165) is 12.0 Å². The van der Waals surface area contributed by atoms with E-state index in [1.807, 2.05) is 20.8 Å². The molecular formula is C18H31N5O4S. The van der Waals surface area contributed by atoms with Crippen LogP contribution in [0.25, 0.3) is 0 Å². The van der Waals surface area contributed by atoms with E-state index < -0.39 is 21.7 Å². The minimum absolute atomic E-state index is 0.0988. The molecule has 28 heavy (non-hydrogen) atoms. The summed E-state index contributed by atoms with van der Waals surface area (Å²) in [5.41, 5.74) is 0.476. The van der Waals surface area contributed by atoms with Gasteiger partial charge in [-0.3, -0.25) is 4.99 Å². The standard InChI is InChI=1S/C18H31N5O4S/c1-18(2,3)27-17(24)23-12-5-11-21-16(20-4)22-13-10-14-6-8-15(9-7-14)28(19,25)26/h6-9H,5,10-13H2,1-4H3,(H,23,24)(H2,19,25,26)(H2,20,21,22). The summed E-state index contributed by atoms with van der Waals surface area (Å²) in [6, 6.07) is 6.46. The lowest BCUT2D eigenvalue weighted by molar-refractivity contribution is 0.0527. The van der Waals surface area contributed by atoms with Crippen LogP contribution in [0.1, 0.15) is 32.8 Å². The van der Waals surface area contributed by atoms with Gasteiger partial charge in [0, 0.05) is 26.7 Å². The molecule has 0 aliphatic carbocycles. The van der Waals surface area contributed by atoms with Crippen LogP contribution < -0.4 is 21.1 Å². The highest BCUT2D eigenvalue weighted by Crippen LogP contribution is 2.09. The molecule has 0 saturated heterocycles. The lowest BCUT2D eigenvalue weighted by atomic mass is 10.1. The zero-order valence-corrected chi connectivity index (χ0v) is 17.7. The van der Waals surface area contributed by atoms with E-state index in [1.165, 1.54) is 12.1 Å². The van der Waals surface area contributed by atoms with Gasteiger partial charge in [0.25, 0.3) is 0 Å². The first-order valence-corrected chi connectivity index (χ1v) is 10.6. The SMILES string of the molecule is CN=C(NCCCNC(=O)OC(C)(C)C)NCCc1ccc(S(N)(=O)=O)cc1. The molecule has 0 aromatic heterocycles. The molecule has 1 amide bonds. The Morgan fingerprint density at radius 3 is 2.18 bits per heavy atom. The largest absolute Gasteiger partial charge is 0.444 e. The Kier molecular flexibility index (Phi) is 9.20. The molecule has 1 rings (SSSR count). The van der Waals surface area contributed by atoms with Crippen LogP contribution >= 0.6 is 0 Å². The Hall–Kier alpha value is -2.33. The van der Waals surface area contributed by atoms with Gasteiger partial charge in [-0.2, -0.15) is 0 Å². The summed E-state index contributed by atoms with van der Waals surface area (Å²) in [6.07, 6.45) is 0.990. The van der Waals surface area contributed by atoms with E-state index in [9.17, 15) is 13.2 Å². The van der Waals surface area contributed by atoms with Gasteiger partial charge in [0.05, 0.1) is 4.90 Å². The third-order valence-electron chi connectivity index (χ3n) is 3.50. The number of guanidine groups is 1. The number of hydrogen-bond donors (Lipinski definition) is 4. The summed E-state index contributed by atoms with van der Waals surface area (Å²) in [5.74, 6) is 0.651.